The second kappa shape index (κ2) is 8.64. The fourth-order valence-corrected chi connectivity index (χ4v) is 2.69. The standard InChI is InChI=1S/C15H29N3S/c1-12(2)11-16-8-7-15-13(3)17-18(14(15)4)9-6-10-19-5/h12,16H,6-11H2,1-5H3. The first kappa shape index (κ1) is 16.6. The first-order valence-corrected chi connectivity index (χ1v) is 8.68. The van der Waals surface area contributed by atoms with Crippen LogP contribution in [0.15, 0.2) is 0 Å². The summed E-state index contributed by atoms with van der Waals surface area (Å²) in [6.45, 7) is 12.0. The zero-order valence-electron chi connectivity index (χ0n) is 13.1. The smallest absolute Gasteiger partial charge is 0.0628 e. The third-order valence-corrected chi connectivity index (χ3v) is 4.05. The van der Waals surface area contributed by atoms with Crippen molar-refractivity contribution in [3.63, 3.8) is 0 Å². The number of nitrogens with zero attached hydrogens (tertiary/aromatic N) is 2. The molecule has 0 aliphatic rings. The highest BCUT2D eigenvalue weighted by atomic mass is 32.2. The number of nitrogens with one attached hydrogen (secondary N) is 1. The fourth-order valence-electron chi connectivity index (χ4n) is 2.28. The van der Waals surface area contributed by atoms with E-state index in [-0.39, 0.29) is 0 Å². The van der Waals surface area contributed by atoms with E-state index in [1.165, 1.54) is 29.1 Å². The van der Waals surface area contributed by atoms with Crippen LogP contribution in [0.3, 0.4) is 0 Å². The molecule has 0 bridgehead atoms. The van der Waals surface area contributed by atoms with Gasteiger partial charge in [-0.15, -0.1) is 0 Å². The largest absolute Gasteiger partial charge is 0.316 e. The predicted octanol–water partition coefficient (Wildman–Crippen LogP) is 3.04. The Labute approximate surface area is 122 Å². The van der Waals surface area contributed by atoms with Gasteiger partial charge in [0.1, 0.15) is 0 Å². The molecule has 0 atom stereocenters. The molecule has 0 fully saturated rings. The SMILES string of the molecule is CSCCCn1nc(C)c(CCNCC(C)C)c1C. The number of aryl methyl sites for hydroxylation is 2. The first-order valence-electron chi connectivity index (χ1n) is 7.28. The summed E-state index contributed by atoms with van der Waals surface area (Å²) < 4.78 is 2.18. The van der Waals surface area contributed by atoms with Crippen LogP contribution in [0.1, 0.15) is 37.2 Å². The maximum atomic E-state index is 4.68. The summed E-state index contributed by atoms with van der Waals surface area (Å²) in [5.74, 6) is 1.93. The molecule has 3 nitrogen and oxygen atoms in total. The Morgan fingerprint density at radius 2 is 2.05 bits per heavy atom. The summed E-state index contributed by atoms with van der Waals surface area (Å²) in [5, 5.41) is 8.18. The Morgan fingerprint density at radius 3 is 2.68 bits per heavy atom. The van der Waals surface area contributed by atoms with Crippen LogP contribution in [0.5, 0.6) is 0 Å². The number of rotatable bonds is 9. The van der Waals surface area contributed by atoms with Gasteiger partial charge < -0.3 is 5.32 Å². The summed E-state index contributed by atoms with van der Waals surface area (Å²) in [7, 11) is 0. The lowest BCUT2D eigenvalue weighted by Crippen LogP contribution is -2.22. The molecule has 1 aromatic rings. The summed E-state index contributed by atoms with van der Waals surface area (Å²) in [6.07, 6.45) is 4.45. The summed E-state index contributed by atoms with van der Waals surface area (Å²) >= 11 is 1.91. The number of aromatic nitrogens is 2. The molecule has 0 saturated carbocycles. The van der Waals surface area contributed by atoms with Gasteiger partial charge in [0.05, 0.1) is 5.69 Å². The van der Waals surface area contributed by atoms with Crippen molar-refractivity contribution in [2.75, 3.05) is 25.1 Å². The van der Waals surface area contributed by atoms with Crippen molar-refractivity contribution in [1.82, 2.24) is 15.1 Å². The van der Waals surface area contributed by atoms with E-state index in [1.807, 2.05) is 11.8 Å². The van der Waals surface area contributed by atoms with Crippen molar-refractivity contribution >= 4 is 11.8 Å². The van der Waals surface area contributed by atoms with Gasteiger partial charge >= 0.3 is 0 Å². The highest BCUT2D eigenvalue weighted by molar-refractivity contribution is 7.98. The van der Waals surface area contributed by atoms with Crippen LogP contribution < -0.4 is 5.32 Å². The molecular formula is C15H29N3S. The molecule has 1 rings (SSSR count). The molecule has 0 saturated heterocycles. The minimum atomic E-state index is 0.719. The van der Waals surface area contributed by atoms with Crippen molar-refractivity contribution in [3.8, 4) is 0 Å². The van der Waals surface area contributed by atoms with Gasteiger partial charge in [0, 0.05) is 12.2 Å². The molecule has 0 aromatic carbocycles. The van der Waals surface area contributed by atoms with E-state index in [9.17, 15) is 0 Å². The lowest BCUT2D eigenvalue weighted by Gasteiger charge is -2.08. The third kappa shape index (κ3) is 5.57. The Bertz CT molecular complexity index is 372. The summed E-state index contributed by atoms with van der Waals surface area (Å²) in [4.78, 5) is 0. The minimum absolute atomic E-state index is 0.719. The second-order valence-corrected chi connectivity index (χ2v) is 6.55. The van der Waals surface area contributed by atoms with Crippen LogP contribution in [-0.2, 0) is 13.0 Å². The number of hydrogen-bond acceptors (Lipinski definition) is 3. The molecule has 0 amide bonds. The van der Waals surface area contributed by atoms with Crippen LogP contribution in [0, 0.1) is 19.8 Å². The average molecular weight is 283 g/mol. The predicted molar refractivity (Wildman–Crippen MR) is 86.1 cm³/mol. The maximum Gasteiger partial charge on any atom is 0.0628 e. The van der Waals surface area contributed by atoms with Crippen molar-refractivity contribution in [2.45, 2.75) is 47.1 Å². The lowest BCUT2D eigenvalue weighted by molar-refractivity contribution is 0.553. The van der Waals surface area contributed by atoms with Crippen LogP contribution in [0.4, 0.5) is 0 Å². The highest BCUT2D eigenvalue weighted by Crippen LogP contribution is 2.14. The molecule has 19 heavy (non-hydrogen) atoms. The molecular weight excluding hydrogens is 254 g/mol. The van der Waals surface area contributed by atoms with Crippen molar-refractivity contribution in [2.24, 2.45) is 5.92 Å². The average Bonchev–Trinajstić information content (AvgIpc) is 2.61. The quantitative estimate of drug-likeness (QED) is 0.707. The summed E-state index contributed by atoms with van der Waals surface area (Å²) in [5.41, 5.74) is 3.98. The Morgan fingerprint density at radius 1 is 1.32 bits per heavy atom. The van der Waals surface area contributed by atoms with Gasteiger partial charge in [-0.1, -0.05) is 13.8 Å². The maximum absolute atomic E-state index is 4.68. The normalized spacial score (nSPS) is 11.5. The Balaban J connectivity index is 2.49. The molecule has 0 spiro atoms. The van der Waals surface area contributed by atoms with Gasteiger partial charge in [-0.25, -0.2) is 0 Å². The molecule has 1 N–H and O–H groups in total. The minimum Gasteiger partial charge on any atom is -0.316 e. The number of hydrogen-bond donors (Lipinski definition) is 1. The van der Waals surface area contributed by atoms with E-state index in [2.05, 4.69) is 49.0 Å². The van der Waals surface area contributed by atoms with Gasteiger partial charge in [0.15, 0.2) is 0 Å². The molecule has 0 aliphatic heterocycles. The Hall–Kier alpha value is -0.480. The van der Waals surface area contributed by atoms with Gasteiger partial charge in [-0.2, -0.15) is 16.9 Å². The monoisotopic (exact) mass is 283 g/mol. The molecule has 1 aromatic heterocycles. The van der Waals surface area contributed by atoms with Crippen molar-refractivity contribution in [1.29, 1.82) is 0 Å². The zero-order chi connectivity index (χ0) is 14.3. The van der Waals surface area contributed by atoms with Gasteiger partial charge in [0.25, 0.3) is 0 Å². The van der Waals surface area contributed by atoms with Gasteiger partial charge in [-0.05, 0) is 63.3 Å². The van der Waals surface area contributed by atoms with Gasteiger partial charge in [-0.3, -0.25) is 4.68 Å². The molecule has 1 heterocycles. The molecule has 0 radical (unpaired) electrons. The van der Waals surface area contributed by atoms with Crippen LogP contribution in [-0.4, -0.2) is 34.9 Å². The van der Waals surface area contributed by atoms with E-state index >= 15 is 0 Å². The van der Waals surface area contributed by atoms with Crippen LogP contribution >= 0.6 is 11.8 Å². The fraction of sp³-hybridized carbons (Fsp3) is 0.800. The van der Waals surface area contributed by atoms with Crippen molar-refractivity contribution in [3.05, 3.63) is 17.0 Å². The second-order valence-electron chi connectivity index (χ2n) is 5.57. The van der Waals surface area contributed by atoms with Crippen LogP contribution in [0.2, 0.25) is 0 Å². The van der Waals surface area contributed by atoms with E-state index in [0.717, 1.165) is 32.0 Å². The van der Waals surface area contributed by atoms with E-state index < -0.39 is 0 Å². The Kier molecular flexibility index (Phi) is 7.54. The third-order valence-electron chi connectivity index (χ3n) is 3.35. The van der Waals surface area contributed by atoms with E-state index in [4.69, 9.17) is 0 Å². The van der Waals surface area contributed by atoms with Crippen LogP contribution in [0.25, 0.3) is 0 Å². The summed E-state index contributed by atoms with van der Waals surface area (Å²) in [6, 6.07) is 0. The van der Waals surface area contributed by atoms with E-state index in [1.54, 1.807) is 0 Å². The molecule has 0 unspecified atom stereocenters. The van der Waals surface area contributed by atoms with Gasteiger partial charge in [0.2, 0.25) is 0 Å². The molecule has 0 aliphatic carbocycles. The molecule has 4 heteroatoms. The van der Waals surface area contributed by atoms with E-state index in [0.29, 0.717) is 0 Å². The number of thioether (sulfide) groups is 1. The first-order chi connectivity index (χ1) is 9.06. The van der Waals surface area contributed by atoms with Crippen molar-refractivity contribution < 1.29 is 0 Å². The molecule has 110 valence electrons. The lowest BCUT2D eigenvalue weighted by atomic mass is 10.1. The highest BCUT2D eigenvalue weighted by Gasteiger charge is 2.10. The zero-order valence-corrected chi connectivity index (χ0v) is 13.9. The topological polar surface area (TPSA) is 29.9 Å².